The molecule has 2 saturated heterocycles. The summed E-state index contributed by atoms with van der Waals surface area (Å²) in [6, 6.07) is 8.23. The number of nitrogens with one attached hydrogen (secondary N) is 1. The Bertz CT molecular complexity index is 625. The number of piperidine rings is 1. The molecule has 0 bridgehead atoms. The van der Waals surface area contributed by atoms with Gasteiger partial charge in [0.05, 0.1) is 4.58 Å². The van der Waals surface area contributed by atoms with Crippen LogP contribution in [0.4, 0.5) is 0 Å². The molecule has 2 unspecified atom stereocenters. The first-order chi connectivity index (χ1) is 14.2. The smallest absolute Gasteiger partial charge is 0.219 e. The number of rotatable bonds is 10. The van der Waals surface area contributed by atoms with E-state index in [1.54, 1.807) is 0 Å². The van der Waals surface area contributed by atoms with Crippen molar-refractivity contribution >= 4 is 41.0 Å². The van der Waals surface area contributed by atoms with Crippen LogP contribution in [0.3, 0.4) is 0 Å². The Labute approximate surface area is 190 Å². The molecule has 0 saturated carbocycles. The fourth-order valence-corrected chi connectivity index (χ4v) is 7.97. The van der Waals surface area contributed by atoms with Gasteiger partial charge in [-0.05, 0) is 75.5 Å². The Kier molecular flexibility index (Phi) is 10.6. The number of halogens is 1. The van der Waals surface area contributed by atoms with Gasteiger partial charge < -0.3 is 10.2 Å². The lowest BCUT2D eigenvalue weighted by Crippen LogP contribution is -2.33. The van der Waals surface area contributed by atoms with Crippen LogP contribution in [-0.4, -0.2) is 48.0 Å². The zero-order valence-electron chi connectivity index (χ0n) is 17.4. The molecule has 6 heteroatoms. The van der Waals surface area contributed by atoms with Crippen molar-refractivity contribution in [3.8, 4) is 0 Å². The molecule has 1 amide bonds. The molecule has 2 heterocycles. The number of nitrogens with zero attached hydrogens (tertiary/aromatic N) is 1. The van der Waals surface area contributed by atoms with E-state index in [2.05, 4.69) is 34.1 Å². The van der Waals surface area contributed by atoms with Crippen LogP contribution in [-0.2, 0) is 4.79 Å². The van der Waals surface area contributed by atoms with E-state index in [1.807, 2.05) is 23.9 Å². The van der Waals surface area contributed by atoms with Crippen LogP contribution in [0.1, 0.15) is 67.9 Å². The molecular weight excluding hydrogens is 420 g/mol. The number of hydrogen-bond acceptors (Lipinski definition) is 4. The Morgan fingerprint density at radius 2 is 1.97 bits per heavy atom. The van der Waals surface area contributed by atoms with Crippen molar-refractivity contribution in [1.29, 1.82) is 0 Å². The number of likely N-dealkylation sites (tertiary alicyclic amines) is 1. The maximum Gasteiger partial charge on any atom is 0.219 e. The summed E-state index contributed by atoms with van der Waals surface area (Å²) >= 11 is 10.5. The van der Waals surface area contributed by atoms with Gasteiger partial charge in [-0.1, -0.05) is 42.6 Å². The third kappa shape index (κ3) is 8.35. The van der Waals surface area contributed by atoms with Gasteiger partial charge in [0.2, 0.25) is 5.91 Å². The topological polar surface area (TPSA) is 32.3 Å². The predicted octanol–water partition coefficient (Wildman–Crippen LogP) is 6.13. The van der Waals surface area contributed by atoms with E-state index in [0.29, 0.717) is 16.3 Å². The monoisotopic (exact) mass is 454 g/mol. The van der Waals surface area contributed by atoms with E-state index in [-0.39, 0.29) is 5.91 Å². The van der Waals surface area contributed by atoms with Crippen molar-refractivity contribution in [2.75, 3.05) is 31.9 Å². The zero-order chi connectivity index (χ0) is 20.3. The summed E-state index contributed by atoms with van der Waals surface area (Å²) < 4.78 is 0.450. The normalized spacial score (nSPS) is 23.1. The van der Waals surface area contributed by atoms with Crippen LogP contribution >= 0.6 is 35.1 Å². The lowest BCUT2D eigenvalue weighted by atomic mass is 10.1. The highest BCUT2D eigenvalue weighted by Gasteiger charge is 2.25. The summed E-state index contributed by atoms with van der Waals surface area (Å²) in [5.74, 6) is 1.43. The van der Waals surface area contributed by atoms with E-state index >= 15 is 0 Å². The van der Waals surface area contributed by atoms with Crippen LogP contribution in [0.5, 0.6) is 0 Å². The Morgan fingerprint density at radius 1 is 1.14 bits per heavy atom. The number of thioether (sulfide) groups is 2. The van der Waals surface area contributed by atoms with Gasteiger partial charge in [-0.15, -0.1) is 23.5 Å². The molecule has 3 nitrogen and oxygen atoms in total. The molecule has 2 fully saturated rings. The van der Waals surface area contributed by atoms with Crippen molar-refractivity contribution in [2.24, 2.45) is 0 Å². The van der Waals surface area contributed by atoms with E-state index < -0.39 is 0 Å². The molecule has 2 aliphatic heterocycles. The molecule has 0 radical (unpaired) electrons. The van der Waals surface area contributed by atoms with Gasteiger partial charge in [0.15, 0.2) is 0 Å². The molecule has 0 spiro atoms. The molecule has 1 aromatic carbocycles. The Balaban J connectivity index is 1.24. The molecule has 3 rings (SSSR count). The van der Waals surface area contributed by atoms with E-state index in [0.717, 1.165) is 37.4 Å². The maximum atomic E-state index is 12.1. The SMILES string of the molecule is O=C(CCCCC1CCSC(c2ccccc2Cl)S1)NCCCN1CCCCC1. The number of carbonyl (C=O) groups excluding carboxylic acids is 1. The number of unbranched alkanes of at least 4 members (excludes halogenated alkanes) is 1. The molecule has 0 aromatic heterocycles. The number of carbonyl (C=O) groups is 1. The fraction of sp³-hybridized carbons (Fsp3) is 0.696. The van der Waals surface area contributed by atoms with E-state index in [1.165, 1.54) is 56.5 Å². The maximum absolute atomic E-state index is 12.1. The largest absolute Gasteiger partial charge is 0.356 e. The molecule has 2 aliphatic rings. The molecule has 1 N–H and O–H groups in total. The van der Waals surface area contributed by atoms with Gasteiger partial charge in [0.25, 0.3) is 0 Å². The van der Waals surface area contributed by atoms with Crippen LogP contribution in [0.15, 0.2) is 24.3 Å². The van der Waals surface area contributed by atoms with Crippen molar-refractivity contribution in [3.05, 3.63) is 34.9 Å². The number of benzene rings is 1. The summed E-state index contributed by atoms with van der Waals surface area (Å²) in [5.41, 5.74) is 1.26. The third-order valence-corrected chi connectivity index (χ3v) is 9.26. The molecule has 1 aromatic rings. The van der Waals surface area contributed by atoms with Crippen molar-refractivity contribution in [2.45, 2.75) is 67.6 Å². The van der Waals surface area contributed by atoms with Crippen LogP contribution in [0.25, 0.3) is 0 Å². The van der Waals surface area contributed by atoms with Gasteiger partial charge >= 0.3 is 0 Å². The zero-order valence-corrected chi connectivity index (χ0v) is 19.8. The van der Waals surface area contributed by atoms with Gasteiger partial charge in [-0.2, -0.15) is 0 Å². The van der Waals surface area contributed by atoms with Gasteiger partial charge in [0, 0.05) is 23.2 Å². The van der Waals surface area contributed by atoms with Crippen LogP contribution < -0.4 is 5.32 Å². The second kappa shape index (κ2) is 13.1. The lowest BCUT2D eigenvalue weighted by molar-refractivity contribution is -0.121. The van der Waals surface area contributed by atoms with Gasteiger partial charge in [0.1, 0.15) is 0 Å². The van der Waals surface area contributed by atoms with E-state index in [4.69, 9.17) is 11.6 Å². The molecule has 162 valence electrons. The quantitative estimate of drug-likeness (QED) is 0.431. The average molecular weight is 455 g/mol. The molecule has 29 heavy (non-hydrogen) atoms. The summed E-state index contributed by atoms with van der Waals surface area (Å²) in [5, 5.41) is 4.68. The highest BCUT2D eigenvalue weighted by Crippen LogP contribution is 2.49. The Hall–Kier alpha value is -0.360. The minimum Gasteiger partial charge on any atom is -0.356 e. The van der Waals surface area contributed by atoms with E-state index in [9.17, 15) is 4.79 Å². The number of amides is 1. The van der Waals surface area contributed by atoms with Crippen LogP contribution in [0, 0.1) is 0 Å². The molecular formula is C23H35ClN2OS2. The second-order valence-electron chi connectivity index (χ2n) is 8.12. The highest BCUT2D eigenvalue weighted by molar-refractivity contribution is 8.17. The fourth-order valence-electron chi connectivity index (χ4n) is 4.09. The molecule has 2 atom stereocenters. The predicted molar refractivity (Wildman–Crippen MR) is 129 cm³/mol. The van der Waals surface area contributed by atoms with Crippen molar-refractivity contribution < 1.29 is 4.79 Å². The molecule has 0 aliphatic carbocycles. The highest BCUT2D eigenvalue weighted by atomic mass is 35.5. The van der Waals surface area contributed by atoms with Crippen LogP contribution in [0.2, 0.25) is 5.02 Å². The summed E-state index contributed by atoms with van der Waals surface area (Å²) in [6.45, 7) is 4.43. The lowest BCUT2D eigenvalue weighted by Gasteiger charge is -2.29. The first-order valence-corrected chi connectivity index (χ1v) is 13.6. The summed E-state index contributed by atoms with van der Waals surface area (Å²) in [4.78, 5) is 14.6. The first-order valence-electron chi connectivity index (χ1n) is 11.2. The van der Waals surface area contributed by atoms with Gasteiger partial charge in [-0.25, -0.2) is 0 Å². The van der Waals surface area contributed by atoms with Crippen molar-refractivity contribution in [1.82, 2.24) is 10.2 Å². The average Bonchev–Trinajstić information content (AvgIpc) is 2.76. The van der Waals surface area contributed by atoms with Gasteiger partial charge in [-0.3, -0.25) is 4.79 Å². The minimum absolute atomic E-state index is 0.226. The number of hydrogen-bond donors (Lipinski definition) is 1. The minimum atomic E-state index is 0.226. The summed E-state index contributed by atoms with van der Waals surface area (Å²) in [7, 11) is 0. The Morgan fingerprint density at radius 3 is 2.79 bits per heavy atom. The van der Waals surface area contributed by atoms with Crippen molar-refractivity contribution in [3.63, 3.8) is 0 Å². The first kappa shape index (κ1) is 23.3. The third-order valence-electron chi connectivity index (χ3n) is 5.79. The summed E-state index contributed by atoms with van der Waals surface area (Å²) in [6.07, 6.45) is 10.4. The second-order valence-corrected chi connectivity index (χ2v) is 11.5. The standard InChI is InChI=1S/C23H35ClN2OS2/c24-21-11-4-3-10-20(21)23-28-18-13-19(29-23)9-2-5-12-22(27)25-14-8-17-26-15-6-1-7-16-26/h3-4,10-11,19,23H,1-2,5-9,12-18H2,(H,25,27).